The predicted octanol–water partition coefficient (Wildman–Crippen LogP) is 5.39. The number of piperidine rings is 1. The summed E-state index contributed by atoms with van der Waals surface area (Å²) in [7, 11) is 1.69. The summed E-state index contributed by atoms with van der Waals surface area (Å²) in [5, 5.41) is 0.781. The van der Waals surface area contributed by atoms with Crippen molar-refractivity contribution >= 4 is 23.2 Å². The average molecular weight is 519 g/mol. The first-order chi connectivity index (χ1) is 18.0. The van der Waals surface area contributed by atoms with Crippen LogP contribution in [-0.2, 0) is 6.54 Å². The SMILES string of the molecule is COc1cccc(N2CCN(C(=O)c3ccc(C)nc3C3CCN(Cc4cccc(Cl)c4)CC3)CC2)c1. The Bertz CT molecular complexity index is 1230. The third-order valence-corrected chi connectivity index (χ3v) is 7.78. The van der Waals surface area contributed by atoms with E-state index in [-0.39, 0.29) is 5.91 Å². The summed E-state index contributed by atoms with van der Waals surface area (Å²) in [5.74, 6) is 1.26. The normalized spacial score (nSPS) is 17.2. The van der Waals surface area contributed by atoms with E-state index in [0.717, 1.165) is 79.0 Å². The van der Waals surface area contributed by atoms with E-state index in [9.17, 15) is 4.79 Å². The number of hydrogen-bond donors (Lipinski definition) is 0. The molecule has 0 spiro atoms. The summed E-state index contributed by atoms with van der Waals surface area (Å²) in [6.45, 7) is 7.88. The lowest BCUT2D eigenvalue weighted by atomic mass is 9.89. The molecule has 0 atom stereocenters. The zero-order chi connectivity index (χ0) is 25.8. The van der Waals surface area contributed by atoms with E-state index in [1.165, 1.54) is 5.56 Å². The van der Waals surface area contributed by atoms with Gasteiger partial charge in [-0.15, -0.1) is 0 Å². The number of methoxy groups -OCH3 is 1. The van der Waals surface area contributed by atoms with Crippen molar-refractivity contribution in [3.05, 3.63) is 88.2 Å². The minimum absolute atomic E-state index is 0.106. The number of piperazine rings is 1. The summed E-state index contributed by atoms with van der Waals surface area (Å²) in [6, 6.07) is 20.2. The average Bonchev–Trinajstić information content (AvgIpc) is 2.93. The third kappa shape index (κ3) is 6.08. The van der Waals surface area contributed by atoms with Crippen molar-refractivity contribution in [1.29, 1.82) is 0 Å². The maximum atomic E-state index is 13.7. The predicted molar refractivity (Wildman–Crippen MR) is 149 cm³/mol. The monoisotopic (exact) mass is 518 g/mol. The molecule has 1 amide bonds. The van der Waals surface area contributed by atoms with Crippen LogP contribution in [0.2, 0.25) is 5.02 Å². The molecule has 0 unspecified atom stereocenters. The highest BCUT2D eigenvalue weighted by Crippen LogP contribution is 2.31. The van der Waals surface area contributed by atoms with Crippen LogP contribution in [0.3, 0.4) is 0 Å². The fourth-order valence-electron chi connectivity index (χ4n) is 5.47. The molecular formula is C30H35ClN4O2. The summed E-state index contributed by atoms with van der Waals surface area (Å²) >= 11 is 6.17. The van der Waals surface area contributed by atoms with Crippen molar-refractivity contribution in [3.63, 3.8) is 0 Å². The van der Waals surface area contributed by atoms with Gasteiger partial charge in [-0.2, -0.15) is 0 Å². The highest BCUT2D eigenvalue weighted by molar-refractivity contribution is 6.30. The van der Waals surface area contributed by atoms with E-state index in [2.05, 4.69) is 28.0 Å². The van der Waals surface area contributed by atoms with Crippen LogP contribution >= 0.6 is 11.6 Å². The lowest BCUT2D eigenvalue weighted by Gasteiger charge is -2.37. The fraction of sp³-hybridized carbons (Fsp3) is 0.400. The maximum Gasteiger partial charge on any atom is 0.255 e. The van der Waals surface area contributed by atoms with Gasteiger partial charge in [0, 0.05) is 61.1 Å². The quantitative estimate of drug-likeness (QED) is 0.437. The molecule has 3 heterocycles. The third-order valence-electron chi connectivity index (χ3n) is 7.55. The fourth-order valence-corrected chi connectivity index (χ4v) is 5.69. The van der Waals surface area contributed by atoms with Gasteiger partial charge in [0.05, 0.1) is 18.4 Å². The van der Waals surface area contributed by atoms with Crippen molar-refractivity contribution in [2.45, 2.75) is 32.2 Å². The summed E-state index contributed by atoms with van der Waals surface area (Å²) in [4.78, 5) is 25.4. The molecule has 0 N–H and O–H groups in total. The van der Waals surface area contributed by atoms with Gasteiger partial charge in [-0.3, -0.25) is 14.7 Å². The van der Waals surface area contributed by atoms with Crippen molar-refractivity contribution in [2.24, 2.45) is 0 Å². The highest BCUT2D eigenvalue weighted by Gasteiger charge is 2.29. The molecule has 2 aliphatic heterocycles. The molecule has 0 bridgehead atoms. The molecule has 7 heteroatoms. The molecule has 3 aromatic rings. The molecule has 37 heavy (non-hydrogen) atoms. The van der Waals surface area contributed by atoms with Crippen LogP contribution in [0, 0.1) is 6.92 Å². The Balaban J connectivity index is 1.23. The van der Waals surface area contributed by atoms with Gasteiger partial charge in [-0.25, -0.2) is 0 Å². The number of nitrogens with zero attached hydrogens (tertiary/aromatic N) is 4. The zero-order valence-corrected chi connectivity index (χ0v) is 22.5. The number of aromatic nitrogens is 1. The zero-order valence-electron chi connectivity index (χ0n) is 21.7. The van der Waals surface area contributed by atoms with Gasteiger partial charge in [0.15, 0.2) is 0 Å². The second kappa shape index (κ2) is 11.5. The molecule has 5 rings (SSSR count). The largest absolute Gasteiger partial charge is 0.497 e. The number of halogens is 1. The molecule has 0 radical (unpaired) electrons. The van der Waals surface area contributed by atoms with E-state index >= 15 is 0 Å². The molecule has 0 saturated carbocycles. The second-order valence-corrected chi connectivity index (χ2v) is 10.5. The Morgan fingerprint density at radius 1 is 0.973 bits per heavy atom. The summed E-state index contributed by atoms with van der Waals surface area (Å²) in [5.41, 5.74) is 5.09. The topological polar surface area (TPSA) is 48.9 Å². The smallest absolute Gasteiger partial charge is 0.255 e. The number of anilines is 1. The van der Waals surface area contributed by atoms with E-state index in [1.54, 1.807) is 7.11 Å². The number of carbonyl (C=O) groups is 1. The Kier molecular flexibility index (Phi) is 7.96. The molecule has 194 valence electrons. The first-order valence-corrected chi connectivity index (χ1v) is 13.5. The van der Waals surface area contributed by atoms with Crippen LogP contribution in [0.4, 0.5) is 5.69 Å². The Hall–Kier alpha value is -3.09. The van der Waals surface area contributed by atoms with Gasteiger partial charge in [0.2, 0.25) is 0 Å². The molecule has 1 aromatic heterocycles. The van der Waals surface area contributed by atoms with Gasteiger partial charge in [0.25, 0.3) is 5.91 Å². The Morgan fingerprint density at radius 2 is 1.73 bits per heavy atom. The molecule has 2 aromatic carbocycles. The first-order valence-electron chi connectivity index (χ1n) is 13.1. The molecule has 2 saturated heterocycles. The number of hydrogen-bond acceptors (Lipinski definition) is 5. The number of benzene rings is 2. The van der Waals surface area contributed by atoms with Crippen molar-refractivity contribution in [3.8, 4) is 5.75 Å². The lowest BCUT2D eigenvalue weighted by molar-refractivity contribution is 0.0743. The minimum atomic E-state index is 0.106. The minimum Gasteiger partial charge on any atom is -0.497 e. The van der Waals surface area contributed by atoms with E-state index < -0.39 is 0 Å². The van der Waals surface area contributed by atoms with E-state index in [1.807, 2.05) is 54.3 Å². The van der Waals surface area contributed by atoms with Crippen LogP contribution in [0.5, 0.6) is 5.75 Å². The van der Waals surface area contributed by atoms with Gasteiger partial charge >= 0.3 is 0 Å². The summed E-state index contributed by atoms with van der Waals surface area (Å²) < 4.78 is 5.38. The summed E-state index contributed by atoms with van der Waals surface area (Å²) in [6.07, 6.45) is 2.00. The van der Waals surface area contributed by atoms with E-state index in [4.69, 9.17) is 21.3 Å². The first kappa shape index (κ1) is 25.6. The Labute approximate surface area is 224 Å². The number of aryl methyl sites for hydroxylation is 1. The molecule has 0 aliphatic carbocycles. The number of likely N-dealkylation sites (tertiary alicyclic amines) is 1. The number of amides is 1. The van der Waals surface area contributed by atoms with Gasteiger partial charge < -0.3 is 14.5 Å². The van der Waals surface area contributed by atoms with Crippen LogP contribution in [0.25, 0.3) is 0 Å². The number of rotatable bonds is 6. The van der Waals surface area contributed by atoms with Crippen LogP contribution in [-0.4, -0.2) is 67.1 Å². The van der Waals surface area contributed by atoms with Gasteiger partial charge in [-0.1, -0.05) is 29.8 Å². The standard InChI is InChI=1S/C30H35ClN4O2/c1-22-9-10-28(30(36)35-17-15-34(16-18-35)26-7-4-8-27(20-26)37-2)29(32-22)24-11-13-33(14-12-24)21-23-5-3-6-25(31)19-23/h3-10,19-20,24H,11-18,21H2,1-2H3. The van der Waals surface area contributed by atoms with Gasteiger partial charge in [-0.05, 0) is 74.8 Å². The second-order valence-electron chi connectivity index (χ2n) is 10.0. The lowest BCUT2D eigenvalue weighted by Crippen LogP contribution is -2.49. The van der Waals surface area contributed by atoms with Crippen LogP contribution in [0.1, 0.15) is 46.1 Å². The van der Waals surface area contributed by atoms with Crippen LogP contribution in [0.15, 0.2) is 60.7 Å². The Morgan fingerprint density at radius 3 is 2.46 bits per heavy atom. The van der Waals surface area contributed by atoms with Crippen molar-refractivity contribution in [1.82, 2.24) is 14.8 Å². The van der Waals surface area contributed by atoms with Crippen molar-refractivity contribution < 1.29 is 9.53 Å². The molecular weight excluding hydrogens is 484 g/mol. The van der Waals surface area contributed by atoms with Crippen molar-refractivity contribution in [2.75, 3.05) is 51.3 Å². The molecule has 6 nitrogen and oxygen atoms in total. The maximum absolute atomic E-state index is 13.7. The molecule has 2 aliphatic rings. The molecule has 2 fully saturated rings. The van der Waals surface area contributed by atoms with E-state index in [0.29, 0.717) is 19.0 Å². The van der Waals surface area contributed by atoms with Gasteiger partial charge in [0.1, 0.15) is 5.75 Å². The van der Waals surface area contributed by atoms with Crippen LogP contribution < -0.4 is 9.64 Å². The number of pyridine rings is 1. The number of ether oxygens (including phenoxy) is 1. The number of carbonyl (C=O) groups excluding carboxylic acids is 1. The highest BCUT2D eigenvalue weighted by atomic mass is 35.5.